The maximum atomic E-state index is 11.7. The standard InChI is InChI=1S/C10H15ClN2O5S/c1-3-7-9(19(11,15)16)8(13-12-7)10(14)18-6-4-5-17-2/h3-6H2,1-2H3,(H,12,13). The van der Waals surface area contributed by atoms with Gasteiger partial charge in [0.15, 0.2) is 5.69 Å². The van der Waals surface area contributed by atoms with Crippen LogP contribution >= 0.6 is 10.7 Å². The van der Waals surface area contributed by atoms with Gasteiger partial charge in [0.1, 0.15) is 4.90 Å². The fraction of sp³-hybridized carbons (Fsp3) is 0.600. The molecule has 0 saturated carbocycles. The lowest BCUT2D eigenvalue weighted by molar-refractivity contribution is 0.0457. The molecule has 1 aromatic rings. The number of halogens is 1. The van der Waals surface area contributed by atoms with Crippen LogP contribution in [-0.2, 0) is 24.9 Å². The maximum absolute atomic E-state index is 11.7. The number of nitrogens with one attached hydrogen (secondary N) is 1. The minimum atomic E-state index is -4.06. The summed E-state index contributed by atoms with van der Waals surface area (Å²) in [7, 11) is 2.77. The van der Waals surface area contributed by atoms with Crippen molar-refractivity contribution in [1.82, 2.24) is 10.2 Å². The second-order valence-electron chi connectivity index (χ2n) is 3.65. The summed E-state index contributed by atoms with van der Waals surface area (Å²) in [4.78, 5) is 11.4. The fourth-order valence-electron chi connectivity index (χ4n) is 1.44. The molecule has 9 heteroatoms. The van der Waals surface area contributed by atoms with Crippen molar-refractivity contribution in [3.63, 3.8) is 0 Å². The highest BCUT2D eigenvalue weighted by Gasteiger charge is 2.28. The molecule has 0 fully saturated rings. The Morgan fingerprint density at radius 1 is 1.42 bits per heavy atom. The molecule has 0 unspecified atom stereocenters. The van der Waals surface area contributed by atoms with E-state index in [1.165, 1.54) is 7.11 Å². The van der Waals surface area contributed by atoms with Crippen molar-refractivity contribution >= 4 is 25.7 Å². The number of methoxy groups -OCH3 is 1. The van der Waals surface area contributed by atoms with Gasteiger partial charge < -0.3 is 9.47 Å². The largest absolute Gasteiger partial charge is 0.461 e. The summed E-state index contributed by atoms with van der Waals surface area (Å²) in [6, 6.07) is 0. The van der Waals surface area contributed by atoms with Gasteiger partial charge in [-0.25, -0.2) is 13.2 Å². The highest BCUT2D eigenvalue weighted by Crippen LogP contribution is 2.23. The first-order valence-corrected chi connectivity index (χ1v) is 7.90. The van der Waals surface area contributed by atoms with Gasteiger partial charge in [-0.3, -0.25) is 5.10 Å². The number of carbonyl (C=O) groups excluding carboxylic acids is 1. The van der Waals surface area contributed by atoms with Gasteiger partial charge in [0, 0.05) is 30.8 Å². The van der Waals surface area contributed by atoms with Crippen molar-refractivity contribution in [2.24, 2.45) is 0 Å². The monoisotopic (exact) mass is 310 g/mol. The van der Waals surface area contributed by atoms with Crippen LogP contribution in [-0.4, -0.2) is 44.9 Å². The molecule has 108 valence electrons. The molecule has 1 N–H and O–H groups in total. The van der Waals surface area contributed by atoms with E-state index >= 15 is 0 Å². The molecule has 0 saturated heterocycles. The van der Waals surface area contributed by atoms with Gasteiger partial charge in [0.05, 0.1) is 12.3 Å². The lowest BCUT2D eigenvalue weighted by Crippen LogP contribution is -2.11. The number of aromatic nitrogens is 2. The molecule has 19 heavy (non-hydrogen) atoms. The highest BCUT2D eigenvalue weighted by atomic mass is 35.7. The molecule has 0 amide bonds. The number of hydrogen-bond donors (Lipinski definition) is 1. The SMILES string of the molecule is CCc1[nH]nc(C(=O)OCCCOC)c1S(=O)(=O)Cl. The van der Waals surface area contributed by atoms with Crippen molar-refractivity contribution in [3.05, 3.63) is 11.4 Å². The highest BCUT2D eigenvalue weighted by molar-refractivity contribution is 8.13. The maximum Gasteiger partial charge on any atom is 0.360 e. The van der Waals surface area contributed by atoms with E-state index in [1.54, 1.807) is 6.92 Å². The van der Waals surface area contributed by atoms with Crippen molar-refractivity contribution in [2.75, 3.05) is 20.3 Å². The van der Waals surface area contributed by atoms with Crippen molar-refractivity contribution in [2.45, 2.75) is 24.7 Å². The number of esters is 1. The Labute approximate surface area is 115 Å². The van der Waals surface area contributed by atoms with E-state index in [0.29, 0.717) is 19.4 Å². The Morgan fingerprint density at radius 2 is 2.11 bits per heavy atom. The number of hydrogen-bond acceptors (Lipinski definition) is 6. The van der Waals surface area contributed by atoms with E-state index in [4.69, 9.17) is 20.2 Å². The summed E-state index contributed by atoms with van der Waals surface area (Å²) >= 11 is 0. The average Bonchev–Trinajstić information content (AvgIpc) is 2.78. The summed E-state index contributed by atoms with van der Waals surface area (Å²) in [5.74, 6) is -0.828. The average molecular weight is 311 g/mol. The van der Waals surface area contributed by atoms with Gasteiger partial charge in [-0.05, 0) is 6.42 Å². The zero-order valence-corrected chi connectivity index (χ0v) is 12.2. The van der Waals surface area contributed by atoms with E-state index in [9.17, 15) is 13.2 Å². The summed E-state index contributed by atoms with van der Waals surface area (Å²) in [6.45, 7) is 2.27. The minimum absolute atomic E-state index is 0.114. The summed E-state index contributed by atoms with van der Waals surface area (Å²) < 4.78 is 32.6. The lowest BCUT2D eigenvalue weighted by atomic mass is 10.3. The lowest BCUT2D eigenvalue weighted by Gasteiger charge is -2.03. The van der Waals surface area contributed by atoms with Crippen LogP contribution in [0.1, 0.15) is 29.5 Å². The Morgan fingerprint density at radius 3 is 2.63 bits per heavy atom. The molecule has 0 aliphatic rings. The van der Waals surface area contributed by atoms with Crippen molar-refractivity contribution in [3.8, 4) is 0 Å². The minimum Gasteiger partial charge on any atom is -0.461 e. The molecule has 1 heterocycles. The third-order valence-electron chi connectivity index (χ3n) is 2.31. The summed E-state index contributed by atoms with van der Waals surface area (Å²) in [5.41, 5.74) is -0.0388. The number of H-pyrrole nitrogens is 1. The summed E-state index contributed by atoms with van der Waals surface area (Å²) in [6.07, 6.45) is 0.863. The van der Waals surface area contributed by atoms with Gasteiger partial charge in [-0.15, -0.1) is 0 Å². The van der Waals surface area contributed by atoms with E-state index in [0.717, 1.165) is 0 Å². The van der Waals surface area contributed by atoms with Crippen LogP contribution in [0.25, 0.3) is 0 Å². The fourth-order valence-corrected chi connectivity index (χ4v) is 2.79. The van der Waals surface area contributed by atoms with Gasteiger partial charge in [-0.1, -0.05) is 6.92 Å². The van der Waals surface area contributed by atoms with Gasteiger partial charge in [0.2, 0.25) is 0 Å². The number of carbonyl (C=O) groups is 1. The van der Waals surface area contributed by atoms with Crippen LogP contribution in [0.2, 0.25) is 0 Å². The Bertz CT molecular complexity index is 540. The van der Waals surface area contributed by atoms with Crippen molar-refractivity contribution < 1.29 is 22.7 Å². The number of rotatable bonds is 7. The Balaban J connectivity index is 2.89. The molecule has 0 spiro atoms. The number of nitrogens with zero attached hydrogens (tertiary/aromatic N) is 1. The molecular weight excluding hydrogens is 296 g/mol. The first-order valence-electron chi connectivity index (χ1n) is 5.59. The second-order valence-corrected chi connectivity index (χ2v) is 6.16. The van der Waals surface area contributed by atoms with Gasteiger partial charge in [-0.2, -0.15) is 5.10 Å². The van der Waals surface area contributed by atoms with Crippen LogP contribution in [0, 0.1) is 0 Å². The first-order chi connectivity index (χ1) is 8.91. The van der Waals surface area contributed by atoms with Crippen LogP contribution in [0.15, 0.2) is 4.90 Å². The molecular formula is C10H15ClN2O5S. The molecule has 7 nitrogen and oxygen atoms in total. The molecule has 0 aromatic carbocycles. The molecule has 1 aromatic heterocycles. The Hall–Kier alpha value is -1.12. The van der Waals surface area contributed by atoms with E-state index in [2.05, 4.69) is 10.2 Å². The molecule has 0 radical (unpaired) electrons. The van der Waals surface area contributed by atoms with Gasteiger partial charge in [0.25, 0.3) is 9.05 Å². The normalized spacial score (nSPS) is 11.5. The predicted molar refractivity (Wildman–Crippen MR) is 67.8 cm³/mol. The Kier molecular flexibility index (Phi) is 5.77. The van der Waals surface area contributed by atoms with E-state index in [-0.39, 0.29) is 22.9 Å². The summed E-state index contributed by atoms with van der Waals surface area (Å²) in [5, 5.41) is 6.13. The molecule has 0 atom stereocenters. The predicted octanol–water partition coefficient (Wildman–Crippen LogP) is 1.09. The van der Waals surface area contributed by atoms with Crippen LogP contribution in [0.3, 0.4) is 0 Å². The van der Waals surface area contributed by atoms with Crippen LogP contribution in [0.5, 0.6) is 0 Å². The third kappa shape index (κ3) is 4.19. The number of aromatic amines is 1. The zero-order chi connectivity index (χ0) is 14.5. The topological polar surface area (TPSA) is 98.3 Å². The molecule has 1 rings (SSSR count). The van der Waals surface area contributed by atoms with Crippen LogP contribution < -0.4 is 0 Å². The van der Waals surface area contributed by atoms with E-state index < -0.39 is 15.0 Å². The van der Waals surface area contributed by atoms with Crippen molar-refractivity contribution in [1.29, 1.82) is 0 Å². The van der Waals surface area contributed by atoms with E-state index in [1.807, 2.05) is 0 Å². The second kappa shape index (κ2) is 6.88. The van der Waals surface area contributed by atoms with Crippen LogP contribution in [0.4, 0.5) is 0 Å². The smallest absolute Gasteiger partial charge is 0.360 e. The number of aryl methyl sites for hydroxylation is 1. The molecule has 0 bridgehead atoms. The quantitative estimate of drug-likeness (QED) is 0.460. The molecule has 0 aliphatic heterocycles. The van der Waals surface area contributed by atoms with Gasteiger partial charge >= 0.3 is 5.97 Å². The first kappa shape index (κ1) is 15.9. The number of ether oxygens (including phenoxy) is 2. The third-order valence-corrected chi connectivity index (χ3v) is 3.70. The zero-order valence-electron chi connectivity index (χ0n) is 10.6. The molecule has 0 aliphatic carbocycles.